The minimum Gasteiger partial charge on any atom is -0.468 e. The number of piperidine rings is 1. The van der Waals surface area contributed by atoms with Crippen molar-refractivity contribution in [3.63, 3.8) is 0 Å². The van der Waals surface area contributed by atoms with Gasteiger partial charge in [-0.1, -0.05) is 6.92 Å². The molecule has 1 rings (SSSR count). The van der Waals surface area contributed by atoms with Gasteiger partial charge < -0.3 is 10.1 Å². The quantitative estimate of drug-likeness (QED) is 0.632. The zero-order valence-electron chi connectivity index (χ0n) is 7.85. The number of methoxy groups -OCH3 is 1. The van der Waals surface area contributed by atoms with Crippen molar-refractivity contribution in [2.24, 2.45) is 0 Å². The van der Waals surface area contributed by atoms with Gasteiger partial charge in [0.25, 0.3) is 0 Å². The van der Waals surface area contributed by atoms with Crippen molar-refractivity contribution in [1.82, 2.24) is 5.32 Å². The van der Waals surface area contributed by atoms with Gasteiger partial charge in [-0.05, 0) is 32.2 Å². The molecule has 0 amide bonds. The molecule has 0 aromatic heterocycles. The van der Waals surface area contributed by atoms with Crippen molar-refractivity contribution >= 4 is 5.97 Å². The summed E-state index contributed by atoms with van der Waals surface area (Å²) < 4.78 is 4.78. The smallest absolute Gasteiger partial charge is 0.326 e. The van der Waals surface area contributed by atoms with E-state index in [9.17, 15) is 4.79 Å². The van der Waals surface area contributed by atoms with Crippen molar-refractivity contribution in [2.75, 3.05) is 13.7 Å². The third kappa shape index (κ3) is 1.61. The van der Waals surface area contributed by atoms with Crippen LogP contribution in [0, 0.1) is 0 Å². The second kappa shape index (κ2) is 3.90. The molecule has 1 aliphatic rings. The number of carbonyl (C=O) groups is 1. The fourth-order valence-corrected chi connectivity index (χ4v) is 1.78. The Morgan fingerprint density at radius 3 is 2.75 bits per heavy atom. The molecule has 0 spiro atoms. The van der Waals surface area contributed by atoms with Crippen molar-refractivity contribution < 1.29 is 9.53 Å². The Bertz CT molecular complexity index is 162. The summed E-state index contributed by atoms with van der Waals surface area (Å²) in [7, 11) is 1.45. The van der Waals surface area contributed by atoms with Crippen molar-refractivity contribution in [1.29, 1.82) is 0 Å². The van der Waals surface area contributed by atoms with Crippen molar-refractivity contribution in [3.8, 4) is 0 Å². The molecular weight excluding hydrogens is 154 g/mol. The van der Waals surface area contributed by atoms with Crippen LogP contribution in [0.3, 0.4) is 0 Å². The Kier molecular flexibility index (Phi) is 3.09. The van der Waals surface area contributed by atoms with Gasteiger partial charge in [0, 0.05) is 0 Å². The van der Waals surface area contributed by atoms with Crippen molar-refractivity contribution in [2.45, 2.75) is 38.1 Å². The second-order valence-corrected chi connectivity index (χ2v) is 3.31. The zero-order valence-corrected chi connectivity index (χ0v) is 7.85. The van der Waals surface area contributed by atoms with Crippen LogP contribution in [-0.2, 0) is 9.53 Å². The highest BCUT2D eigenvalue weighted by molar-refractivity contribution is 5.80. The highest BCUT2D eigenvalue weighted by Gasteiger charge is 2.38. The highest BCUT2D eigenvalue weighted by Crippen LogP contribution is 2.23. The van der Waals surface area contributed by atoms with Crippen LogP contribution in [0.2, 0.25) is 0 Å². The summed E-state index contributed by atoms with van der Waals surface area (Å²) in [4.78, 5) is 11.4. The van der Waals surface area contributed by atoms with Crippen LogP contribution < -0.4 is 5.32 Å². The molecule has 1 heterocycles. The molecule has 1 saturated heterocycles. The molecule has 1 unspecified atom stereocenters. The maximum Gasteiger partial charge on any atom is 0.326 e. The van der Waals surface area contributed by atoms with E-state index in [2.05, 4.69) is 5.32 Å². The molecule has 1 N–H and O–H groups in total. The van der Waals surface area contributed by atoms with E-state index in [4.69, 9.17) is 4.74 Å². The third-order valence-corrected chi connectivity index (χ3v) is 2.67. The monoisotopic (exact) mass is 171 g/mol. The molecule has 0 aromatic rings. The van der Waals surface area contributed by atoms with E-state index in [-0.39, 0.29) is 11.5 Å². The van der Waals surface area contributed by atoms with Gasteiger partial charge >= 0.3 is 5.97 Å². The lowest BCUT2D eigenvalue weighted by Gasteiger charge is -2.34. The molecule has 1 fully saturated rings. The van der Waals surface area contributed by atoms with Gasteiger partial charge in [0.2, 0.25) is 0 Å². The molecule has 0 radical (unpaired) electrons. The Hall–Kier alpha value is -0.570. The summed E-state index contributed by atoms with van der Waals surface area (Å²) in [5.74, 6) is -0.107. The first-order valence-electron chi connectivity index (χ1n) is 4.58. The molecule has 0 saturated carbocycles. The van der Waals surface area contributed by atoms with Gasteiger partial charge in [0.15, 0.2) is 0 Å². The lowest BCUT2D eigenvalue weighted by molar-refractivity contribution is -0.149. The van der Waals surface area contributed by atoms with Crippen LogP contribution in [0.1, 0.15) is 32.6 Å². The number of hydrogen-bond donors (Lipinski definition) is 1. The lowest BCUT2D eigenvalue weighted by Crippen LogP contribution is -2.54. The number of rotatable bonds is 2. The Morgan fingerprint density at radius 1 is 1.58 bits per heavy atom. The van der Waals surface area contributed by atoms with E-state index >= 15 is 0 Å². The van der Waals surface area contributed by atoms with Crippen LogP contribution in [-0.4, -0.2) is 25.2 Å². The first-order valence-corrected chi connectivity index (χ1v) is 4.58. The van der Waals surface area contributed by atoms with Crippen LogP contribution in [0.25, 0.3) is 0 Å². The molecule has 0 aliphatic carbocycles. The van der Waals surface area contributed by atoms with E-state index < -0.39 is 0 Å². The van der Waals surface area contributed by atoms with Gasteiger partial charge in [-0.25, -0.2) is 0 Å². The van der Waals surface area contributed by atoms with Crippen molar-refractivity contribution in [3.05, 3.63) is 0 Å². The van der Waals surface area contributed by atoms with Crippen LogP contribution in [0.5, 0.6) is 0 Å². The molecule has 0 aromatic carbocycles. The Balaban J connectivity index is 2.66. The molecule has 1 aliphatic heterocycles. The summed E-state index contributed by atoms with van der Waals surface area (Å²) in [5, 5.41) is 3.26. The average Bonchev–Trinajstić information content (AvgIpc) is 2.17. The summed E-state index contributed by atoms with van der Waals surface area (Å²) in [6.45, 7) is 2.96. The topological polar surface area (TPSA) is 38.3 Å². The summed E-state index contributed by atoms with van der Waals surface area (Å²) in [5.41, 5.74) is -0.382. The number of ether oxygens (including phenoxy) is 1. The van der Waals surface area contributed by atoms with E-state index in [1.165, 1.54) is 13.5 Å². The third-order valence-electron chi connectivity index (χ3n) is 2.67. The minimum absolute atomic E-state index is 0.107. The number of carbonyl (C=O) groups excluding carboxylic acids is 1. The van der Waals surface area contributed by atoms with Gasteiger partial charge in [-0.3, -0.25) is 4.79 Å². The first kappa shape index (κ1) is 9.52. The summed E-state index contributed by atoms with van der Waals surface area (Å²) in [6.07, 6.45) is 4.02. The van der Waals surface area contributed by atoms with Crippen LogP contribution in [0.15, 0.2) is 0 Å². The Labute approximate surface area is 73.5 Å². The SMILES string of the molecule is CCC1(C(=O)OC)CCCCN1. The van der Waals surface area contributed by atoms with Gasteiger partial charge in [-0.2, -0.15) is 0 Å². The predicted octanol–water partition coefficient (Wildman–Crippen LogP) is 1.08. The van der Waals surface area contributed by atoms with E-state index in [1.54, 1.807) is 0 Å². The Morgan fingerprint density at radius 2 is 2.33 bits per heavy atom. The maximum absolute atomic E-state index is 11.4. The number of esters is 1. The van der Waals surface area contributed by atoms with Gasteiger partial charge in [0.1, 0.15) is 5.54 Å². The molecule has 1 atom stereocenters. The highest BCUT2D eigenvalue weighted by atomic mass is 16.5. The molecule has 12 heavy (non-hydrogen) atoms. The largest absolute Gasteiger partial charge is 0.468 e. The summed E-state index contributed by atoms with van der Waals surface area (Å²) in [6, 6.07) is 0. The molecule has 3 heteroatoms. The first-order chi connectivity index (χ1) is 5.75. The van der Waals surface area contributed by atoms with E-state index in [1.807, 2.05) is 6.92 Å². The standard InChI is InChI=1S/C9H17NO2/c1-3-9(8(11)12-2)6-4-5-7-10-9/h10H,3-7H2,1-2H3. The van der Waals surface area contributed by atoms with Crippen LogP contribution in [0.4, 0.5) is 0 Å². The predicted molar refractivity (Wildman–Crippen MR) is 46.9 cm³/mol. The van der Waals surface area contributed by atoms with Gasteiger partial charge in [0.05, 0.1) is 7.11 Å². The number of nitrogens with one attached hydrogen (secondary N) is 1. The maximum atomic E-state index is 11.4. The van der Waals surface area contributed by atoms with E-state index in [0.29, 0.717) is 0 Å². The van der Waals surface area contributed by atoms with E-state index in [0.717, 1.165) is 25.8 Å². The second-order valence-electron chi connectivity index (χ2n) is 3.31. The zero-order chi connectivity index (χ0) is 9.03. The molecule has 3 nitrogen and oxygen atoms in total. The normalized spacial score (nSPS) is 29.8. The summed E-state index contributed by atoms with van der Waals surface area (Å²) >= 11 is 0. The molecular formula is C9H17NO2. The average molecular weight is 171 g/mol. The van der Waals surface area contributed by atoms with Crippen LogP contribution >= 0.6 is 0 Å². The fourth-order valence-electron chi connectivity index (χ4n) is 1.78. The lowest BCUT2D eigenvalue weighted by atomic mass is 9.86. The minimum atomic E-state index is -0.382. The fraction of sp³-hybridized carbons (Fsp3) is 0.889. The number of hydrogen-bond acceptors (Lipinski definition) is 3. The van der Waals surface area contributed by atoms with Gasteiger partial charge in [-0.15, -0.1) is 0 Å². The molecule has 70 valence electrons. The molecule has 0 bridgehead atoms.